The second-order valence-corrected chi connectivity index (χ2v) is 8.10. The standard InChI is InChI=1S/C24H31N3O4/c28-23(19-8-9-21-22(16-19)31-15-14-30-21)20(17-27-12-4-5-13-27)26-24(29)25-11-10-18-6-2-1-3-7-18/h1-3,6-9,16,20,23,28H,4-5,10-15,17H2,(H2,25,26,29). The number of urea groups is 1. The fourth-order valence-corrected chi connectivity index (χ4v) is 4.13. The molecule has 0 spiro atoms. The Kier molecular flexibility index (Phi) is 7.27. The minimum absolute atomic E-state index is 0.267. The van der Waals surface area contributed by atoms with Crippen molar-refractivity contribution in [3.8, 4) is 11.5 Å². The van der Waals surface area contributed by atoms with E-state index in [1.807, 2.05) is 48.5 Å². The molecular formula is C24H31N3O4. The van der Waals surface area contributed by atoms with E-state index in [2.05, 4.69) is 15.5 Å². The molecule has 1 saturated heterocycles. The number of carbonyl (C=O) groups is 1. The predicted octanol–water partition coefficient (Wildman–Crippen LogP) is 2.50. The van der Waals surface area contributed by atoms with Crippen LogP contribution < -0.4 is 20.1 Å². The number of fused-ring (bicyclic) bond motifs is 1. The lowest BCUT2D eigenvalue weighted by atomic mass is 10.0. The Labute approximate surface area is 183 Å². The van der Waals surface area contributed by atoms with Gasteiger partial charge < -0.3 is 30.1 Å². The van der Waals surface area contributed by atoms with Gasteiger partial charge in [-0.1, -0.05) is 36.4 Å². The van der Waals surface area contributed by atoms with Gasteiger partial charge in [0.1, 0.15) is 19.3 Å². The van der Waals surface area contributed by atoms with Crippen LogP contribution in [0.2, 0.25) is 0 Å². The highest BCUT2D eigenvalue weighted by Gasteiger charge is 2.27. The number of amides is 2. The fraction of sp³-hybridized carbons (Fsp3) is 0.458. The summed E-state index contributed by atoms with van der Waals surface area (Å²) in [6.45, 7) is 4.13. The highest BCUT2D eigenvalue weighted by atomic mass is 16.6. The molecule has 166 valence electrons. The average molecular weight is 426 g/mol. The summed E-state index contributed by atoms with van der Waals surface area (Å²) in [5.74, 6) is 1.32. The van der Waals surface area contributed by atoms with E-state index in [-0.39, 0.29) is 6.03 Å². The Morgan fingerprint density at radius 3 is 2.55 bits per heavy atom. The van der Waals surface area contributed by atoms with Crippen molar-refractivity contribution in [2.45, 2.75) is 31.4 Å². The molecule has 7 nitrogen and oxygen atoms in total. The van der Waals surface area contributed by atoms with Gasteiger partial charge in [0.15, 0.2) is 11.5 Å². The van der Waals surface area contributed by atoms with Crippen molar-refractivity contribution in [1.82, 2.24) is 15.5 Å². The number of aliphatic hydroxyl groups excluding tert-OH is 1. The normalized spacial score (nSPS) is 17.7. The Bertz CT molecular complexity index is 855. The first-order valence-corrected chi connectivity index (χ1v) is 11.1. The average Bonchev–Trinajstić information content (AvgIpc) is 3.32. The van der Waals surface area contributed by atoms with E-state index in [0.717, 1.165) is 32.4 Å². The Hall–Kier alpha value is -2.77. The topological polar surface area (TPSA) is 83.1 Å². The molecule has 0 bridgehead atoms. The van der Waals surface area contributed by atoms with Gasteiger partial charge in [0, 0.05) is 13.1 Å². The van der Waals surface area contributed by atoms with E-state index in [1.165, 1.54) is 5.56 Å². The van der Waals surface area contributed by atoms with Crippen molar-refractivity contribution in [2.24, 2.45) is 0 Å². The number of nitrogens with one attached hydrogen (secondary N) is 2. The molecule has 0 radical (unpaired) electrons. The molecular weight excluding hydrogens is 394 g/mol. The molecule has 2 aliphatic rings. The van der Waals surface area contributed by atoms with Crippen molar-refractivity contribution in [3.63, 3.8) is 0 Å². The van der Waals surface area contributed by atoms with Crippen LogP contribution >= 0.6 is 0 Å². The van der Waals surface area contributed by atoms with Gasteiger partial charge in [0.05, 0.1) is 6.04 Å². The summed E-state index contributed by atoms with van der Waals surface area (Å²) in [5.41, 5.74) is 1.88. The minimum Gasteiger partial charge on any atom is -0.486 e. The highest BCUT2D eigenvalue weighted by Crippen LogP contribution is 2.33. The number of hydrogen-bond acceptors (Lipinski definition) is 5. The quantitative estimate of drug-likeness (QED) is 0.605. The first kappa shape index (κ1) is 21.5. The molecule has 2 aromatic rings. The van der Waals surface area contributed by atoms with E-state index < -0.39 is 12.1 Å². The molecule has 3 N–H and O–H groups in total. The predicted molar refractivity (Wildman–Crippen MR) is 119 cm³/mol. The third-order valence-corrected chi connectivity index (χ3v) is 5.80. The molecule has 0 saturated carbocycles. The largest absolute Gasteiger partial charge is 0.486 e. The second-order valence-electron chi connectivity index (χ2n) is 8.10. The van der Waals surface area contributed by atoms with Gasteiger partial charge in [0.2, 0.25) is 0 Å². The number of benzene rings is 2. The van der Waals surface area contributed by atoms with Crippen LogP contribution in [0.15, 0.2) is 48.5 Å². The Morgan fingerprint density at radius 2 is 1.77 bits per heavy atom. The van der Waals surface area contributed by atoms with Gasteiger partial charge in [-0.15, -0.1) is 0 Å². The summed E-state index contributed by atoms with van der Waals surface area (Å²) in [5, 5.41) is 17.0. The molecule has 2 unspecified atom stereocenters. The van der Waals surface area contributed by atoms with Crippen LogP contribution in [-0.2, 0) is 6.42 Å². The maximum Gasteiger partial charge on any atom is 0.315 e. The van der Waals surface area contributed by atoms with Crippen molar-refractivity contribution in [3.05, 3.63) is 59.7 Å². The zero-order valence-electron chi connectivity index (χ0n) is 17.8. The molecule has 2 heterocycles. The van der Waals surface area contributed by atoms with Gasteiger partial charge in [0.25, 0.3) is 0 Å². The monoisotopic (exact) mass is 425 g/mol. The molecule has 2 aromatic carbocycles. The zero-order chi connectivity index (χ0) is 21.5. The number of likely N-dealkylation sites (tertiary alicyclic amines) is 1. The number of nitrogens with zero attached hydrogens (tertiary/aromatic N) is 1. The summed E-state index contributed by atoms with van der Waals surface area (Å²) in [6.07, 6.45) is 2.21. The first-order valence-electron chi connectivity index (χ1n) is 11.1. The second kappa shape index (κ2) is 10.5. The lowest BCUT2D eigenvalue weighted by molar-refractivity contribution is 0.108. The Balaban J connectivity index is 1.39. The summed E-state index contributed by atoms with van der Waals surface area (Å²) >= 11 is 0. The van der Waals surface area contributed by atoms with Gasteiger partial charge in [-0.2, -0.15) is 0 Å². The maximum atomic E-state index is 12.6. The van der Waals surface area contributed by atoms with E-state index in [0.29, 0.717) is 43.4 Å². The van der Waals surface area contributed by atoms with E-state index in [4.69, 9.17) is 9.47 Å². The van der Waals surface area contributed by atoms with Gasteiger partial charge in [-0.3, -0.25) is 0 Å². The van der Waals surface area contributed by atoms with E-state index in [9.17, 15) is 9.90 Å². The zero-order valence-corrected chi connectivity index (χ0v) is 17.8. The number of rotatable bonds is 8. The molecule has 4 rings (SSSR count). The van der Waals surface area contributed by atoms with Crippen LogP contribution in [0, 0.1) is 0 Å². The number of carbonyl (C=O) groups excluding carboxylic acids is 1. The van der Waals surface area contributed by atoms with Crippen LogP contribution in [0.5, 0.6) is 11.5 Å². The van der Waals surface area contributed by atoms with Crippen LogP contribution in [0.3, 0.4) is 0 Å². The smallest absolute Gasteiger partial charge is 0.315 e. The van der Waals surface area contributed by atoms with Crippen molar-refractivity contribution >= 4 is 6.03 Å². The van der Waals surface area contributed by atoms with Crippen LogP contribution in [0.25, 0.3) is 0 Å². The molecule has 0 aliphatic carbocycles. The fourth-order valence-electron chi connectivity index (χ4n) is 4.13. The SMILES string of the molecule is O=C(NCCc1ccccc1)NC(CN1CCCC1)C(O)c1ccc2c(c1)OCCO2. The van der Waals surface area contributed by atoms with Crippen LogP contribution in [-0.4, -0.2) is 61.5 Å². The van der Waals surface area contributed by atoms with Gasteiger partial charge in [-0.05, 0) is 55.6 Å². The maximum absolute atomic E-state index is 12.6. The lowest BCUT2D eigenvalue weighted by Gasteiger charge is -2.29. The van der Waals surface area contributed by atoms with Crippen LogP contribution in [0.4, 0.5) is 4.79 Å². The molecule has 0 aromatic heterocycles. The van der Waals surface area contributed by atoms with E-state index >= 15 is 0 Å². The van der Waals surface area contributed by atoms with Gasteiger partial charge in [-0.25, -0.2) is 4.79 Å². The first-order chi connectivity index (χ1) is 15.2. The van der Waals surface area contributed by atoms with Crippen molar-refractivity contribution in [2.75, 3.05) is 39.4 Å². The molecule has 1 fully saturated rings. The number of aliphatic hydroxyl groups is 1. The van der Waals surface area contributed by atoms with Crippen LogP contribution in [0.1, 0.15) is 30.1 Å². The molecule has 2 aliphatic heterocycles. The van der Waals surface area contributed by atoms with Gasteiger partial charge >= 0.3 is 6.03 Å². The third-order valence-electron chi connectivity index (χ3n) is 5.80. The highest BCUT2D eigenvalue weighted by molar-refractivity contribution is 5.74. The van der Waals surface area contributed by atoms with Crippen molar-refractivity contribution in [1.29, 1.82) is 0 Å². The molecule has 2 amide bonds. The third kappa shape index (κ3) is 5.89. The summed E-state index contributed by atoms with van der Waals surface area (Å²) in [4.78, 5) is 14.9. The number of ether oxygens (including phenoxy) is 2. The molecule has 31 heavy (non-hydrogen) atoms. The lowest BCUT2D eigenvalue weighted by Crippen LogP contribution is -2.50. The number of hydrogen-bond donors (Lipinski definition) is 3. The van der Waals surface area contributed by atoms with Crippen molar-refractivity contribution < 1.29 is 19.4 Å². The molecule has 7 heteroatoms. The van der Waals surface area contributed by atoms with E-state index in [1.54, 1.807) is 0 Å². The summed E-state index contributed by atoms with van der Waals surface area (Å²) in [6, 6.07) is 14.8. The molecule has 2 atom stereocenters. The summed E-state index contributed by atoms with van der Waals surface area (Å²) in [7, 11) is 0. The summed E-state index contributed by atoms with van der Waals surface area (Å²) < 4.78 is 11.2. The minimum atomic E-state index is -0.851. The Morgan fingerprint density at radius 1 is 1.03 bits per heavy atom.